The third-order valence-electron chi connectivity index (χ3n) is 3.98. The Hall–Kier alpha value is -3.21. The van der Waals surface area contributed by atoms with Crippen LogP contribution in [0.15, 0.2) is 78.1 Å². The quantitative estimate of drug-likeness (QED) is 0.582. The van der Waals surface area contributed by atoms with Crippen molar-refractivity contribution in [1.29, 1.82) is 0 Å². The maximum atomic E-state index is 12.6. The van der Waals surface area contributed by atoms with E-state index in [0.717, 1.165) is 11.1 Å². The summed E-state index contributed by atoms with van der Waals surface area (Å²) in [7, 11) is 0. The molecule has 24 heavy (non-hydrogen) atoms. The molecule has 0 atom stereocenters. The summed E-state index contributed by atoms with van der Waals surface area (Å²) in [5.41, 5.74) is 3.12. The molecule has 0 saturated carbocycles. The first-order valence-electron chi connectivity index (χ1n) is 7.79. The van der Waals surface area contributed by atoms with Crippen LogP contribution in [-0.2, 0) is 13.1 Å². The van der Waals surface area contributed by atoms with Gasteiger partial charge in [0.25, 0.3) is 5.56 Å². The van der Waals surface area contributed by atoms with E-state index in [1.807, 2.05) is 65.2 Å². The standard InChI is InChI=1S/C19H16N4O/c24-19-17-18(21-14-23(19)12-16-9-5-2-6-10-16)22(13-20-17)11-15-7-3-1-4-8-15/h1-10,13-14H,11-12H2. The van der Waals surface area contributed by atoms with Crippen LogP contribution < -0.4 is 5.56 Å². The summed E-state index contributed by atoms with van der Waals surface area (Å²) in [6, 6.07) is 19.9. The van der Waals surface area contributed by atoms with Crippen LogP contribution in [-0.4, -0.2) is 19.1 Å². The third-order valence-corrected chi connectivity index (χ3v) is 3.98. The predicted octanol–water partition coefficient (Wildman–Crippen LogP) is 2.69. The van der Waals surface area contributed by atoms with Gasteiger partial charge in [0.2, 0.25) is 0 Å². The van der Waals surface area contributed by atoms with E-state index in [2.05, 4.69) is 9.97 Å². The molecule has 2 heterocycles. The maximum absolute atomic E-state index is 12.6. The van der Waals surface area contributed by atoms with Crippen molar-refractivity contribution in [1.82, 2.24) is 19.1 Å². The van der Waals surface area contributed by atoms with Crippen LogP contribution in [0.1, 0.15) is 11.1 Å². The number of aromatic nitrogens is 4. The Bertz CT molecular complexity index is 1020. The monoisotopic (exact) mass is 316 g/mol. The third kappa shape index (κ3) is 2.72. The van der Waals surface area contributed by atoms with E-state index < -0.39 is 0 Å². The molecule has 4 rings (SSSR count). The number of hydrogen-bond donors (Lipinski definition) is 0. The van der Waals surface area contributed by atoms with Gasteiger partial charge in [0.1, 0.15) is 6.33 Å². The molecule has 5 nitrogen and oxygen atoms in total. The molecular weight excluding hydrogens is 300 g/mol. The lowest BCUT2D eigenvalue weighted by Crippen LogP contribution is -2.21. The predicted molar refractivity (Wildman–Crippen MR) is 92.9 cm³/mol. The fraction of sp³-hybridized carbons (Fsp3) is 0.105. The molecule has 0 fully saturated rings. The number of imidazole rings is 1. The van der Waals surface area contributed by atoms with Gasteiger partial charge in [-0.25, -0.2) is 9.97 Å². The number of nitrogens with zero attached hydrogens (tertiary/aromatic N) is 4. The van der Waals surface area contributed by atoms with Crippen molar-refractivity contribution in [3.8, 4) is 0 Å². The minimum Gasteiger partial charge on any atom is -0.311 e. The van der Waals surface area contributed by atoms with Gasteiger partial charge in [-0.15, -0.1) is 0 Å². The van der Waals surface area contributed by atoms with Crippen LogP contribution in [0, 0.1) is 0 Å². The summed E-state index contributed by atoms with van der Waals surface area (Å²) in [5, 5.41) is 0. The fourth-order valence-corrected chi connectivity index (χ4v) is 2.76. The molecule has 0 N–H and O–H groups in total. The second-order valence-corrected chi connectivity index (χ2v) is 5.69. The van der Waals surface area contributed by atoms with E-state index in [1.165, 1.54) is 0 Å². The molecule has 2 aromatic carbocycles. The van der Waals surface area contributed by atoms with E-state index in [0.29, 0.717) is 24.3 Å². The first kappa shape index (κ1) is 14.4. The number of hydrogen-bond acceptors (Lipinski definition) is 3. The van der Waals surface area contributed by atoms with Crippen LogP contribution in [0.5, 0.6) is 0 Å². The van der Waals surface area contributed by atoms with Crippen molar-refractivity contribution < 1.29 is 0 Å². The normalized spacial score (nSPS) is 11.0. The molecule has 2 aromatic heterocycles. The van der Waals surface area contributed by atoms with Crippen molar-refractivity contribution in [2.24, 2.45) is 0 Å². The van der Waals surface area contributed by atoms with E-state index >= 15 is 0 Å². The highest BCUT2D eigenvalue weighted by Gasteiger charge is 2.10. The molecule has 0 unspecified atom stereocenters. The molecule has 4 aromatic rings. The Kier molecular flexibility index (Phi) is 3.67. The largest absolute Gasteiger partial charge is 0.311 e. The SMILES string of the molecule is O=c1c2ncn(Cc3ccccc3)c2ncn1Cc1ccccc1. The summed E-state index contributed by atoms with van der Waals surface area (Å²) in [6.07, 6.45) is 3.28. The van der Waals surface area contributed by atoms with E-state index in [1.54, 1.807) is 17.2 Å². The van der Waals surface area contributed by atoms with Crippen molar-refractivity contribution >= 4 is 11.2 Å². The zero-order chi connectivity index (χ0) is 16.4. The second kappa shape index (κ2) is 6.12. The van der Waals surface area contributed by atoms with Gasteiger partial charge in [-0.3, -0.25) is 9.36 Å². The second-order valence-electron chi connectivity index (χ2n) is 5.69. The van der Waals surface area contributed by atoms with Crippen LogP contribution in [0.2, 0.25) is 0 Å². The molecule has 0 aliphatic rings. The average Bonchev–Trinajstić information content (AvgIpc) is 3.03. The Morgan fingerprint density at radius 1 is 0.708 bits per heavy atom. The highest BCUT2D eigenvalue weighted by atomic mass is 16.1. The molecule has 0 spiro atoms. The van der Waals surface area contributed by atoms with Crippen LogP contribution in [0.3, 0.4) is 0 Å². The topological polar surface area (TPSA) is 52.7 Å². The highest BCUT2D eigenvalue weighted by Crippen LogP contribution is 2.10. The number of rotatable bonds is 4. The molecule has 0 amide bonds. The molecule has 118 valence electrons. The van der Waals surface area contributed by atoms with Gasteiger partial charge in [0.15, 0.2) is 11.2 Å². The Morgan fingerprint density at radius 3 is 1.88 bits per heavy atom. The van der Waals surface area contributed by atoms with E-state index in [9.17, 15) is 4.79 Å². The summed E-state index contributed by atoms with van der Waals surface area (Å²) in [6.45, 7) is 1.14. The average molecular weight is 316 g/mol. The Labute approximate surface area is 138 Å². The van der Waals surface area contributed by atoms with Gasteiger partial charge in [0, 0.05) is 0 Å². The van der Waals surface area contributed by atoms with Crippen molar-refractivity contribution in [3.05, 3.63) is 94.8 Å². The van der Waals surface area contributed by atoms with Gasteiger partial charge in [-0.2, -0.15) is 0 Å². The summed E-state index contributed by atoms with van der Waals surface area (Å²) in [4.78, 5) is 21.4. The zero-order valence-electron chi connectivity index (χ0n) is 13.0. The fourth-order valence-electron chi connectivity index (χ4n) is 2.76. The minimum atomic E-state index is -0.115. The van der Waals surface area contributed by atoms with Crippen molar-refractivity contribution in [2.75, 3.05) is 0 Å². The smallest absolute Gasteiger partial charge is 0.281 e. The van der Waals surface area contributed by atoms with Gasteiger partial charge >= 0.3 is 0 Å². The molecule has 5 heteroatoms. The first-order chi connectivity index (χ1) is 11.8. The van der Waals surface area contributed by atoms with Gasteiger partial charge in [-0.1, -0.05) is 60.7 Å². The molecular formula is C19H16N4O. The number of benzene rings is 2. The zero-order valence-corrected chi connectivity index (χ0v) is 13.0. The van der Waals surface area contributed by atoms with E-state index in [4.69, 9.17) is 0 Å². The molecule has 0 saturated heterocycles. The minimum absolute atomic E-state index is 0.115. The number of fused-ring (bicyclic) bond motifs is 1. The Morgan fingerprint density at radius 2 is 1.25 bits per heavy atom. The molecule has 0 bridgehead atoms. The van der Waals surface area contributed by atoms with Gasteiger partial charge in [0.05, 0.1) is 19.4 Å². The van der Waals surface area contributed by atoms with E-state index in [-0.39, 0.29) is 5.56 Å². The highest BCUT2D eigenvalue weighted by molar-refractivity contribution is 5.69. The summed E-state index contributed by atoms with van der Waals surface area (Å²) < 4.78 is 3.50. The summed E-state index contributed by atoms with van der Waals surface area (Å²) in [5.74, 6) is 0. The Balaban J connectivity index is 1.69. The summed E-state index contributed by atoms with van der Waals surface area (Å²) >= 11 is 0. The van der Waals surface area contributed by atoms with Gasteiger partial charge < -0.3 is 4.57 Å². The lowest BCUT2D eigenvalue weighted by atomic mass is 10.2. The first-order valence-corrected chi connectivity index (χ1v) is 7.79. The lowest BCUT2D eigenvalue weighted by Gasteiger charge is -2.06. The lowest BCUT2D eigenvalue weighted by molar-refractivity contribution is 0.740. The molecule has 0 aliphatic carbocycles. The van der Waals surface area contributed by atoms with Crippen LogP contribution in [0.25, 0.3) is 11.2 Å². The van der Waals surface area contributed by atoms with Crippen molar-refractivity contribution in [3.63, 3.8) is 0 Å². The van der Waals surface area contributed by atoms with Gasteiger partial charge in [-0.05, 0) is 11.1 Å². The van der Waals surface area contributed by atoms with Crippen molar-refractivity contribution in [2.45, 2.75) is 13.1 Å². The molecule has 0 aliphatic heterocycles. The van der Waals surface area contributed by atoms with Crippen LogP contribution in [0.4, 0.5) is 0 Å². The van der Waals surface area contributed by atoms with Crippen LogP contribution >= 0.6 is 0 Å². The maximum Gasteiger partial charge on any atom is 0.281 e. The molecule has 0 radical (unpaired) electrons.